The zero-order valence-corrected chi connectivity index (χ0v) is 15.9. The van der Waals surface area contributed by atoms with Crippen LogP contribution < -0.4 is 27.6 Å². The molecule has 0 amide bonds. The Morgan fingerprint density at radius 2 is 1.17 bits per heavy atom. The van der Waals surface area contributed by atoms with Gasteiger partial charge in [0.15, 0.2) is 0 Å². The first-order chi connectivity index (χ1) is 7.18. The molecule has 1 nitrogen and oxygen atoms in total. The molecule has 0 aromatic heterocycles. The molecule has 1 rings (SSSR count). The summed E-state index contributed by atoms with van der Waals surface area (Å²) in [7, 11) is 0. The molecule has 0 spiro atoms. The van der Waals surface area contributed by atoms with Gasteiger partial charge in [0.05, 0.1) is 0 Å². The van der Waals surface area contributed by atoms with Gasteiger partial charge in [-0.25, -0.2) is 0 Å². The third-order valence-electron chi connectivity index (χ3n) is 2.73. The van der Waals surface area contributed by atoms with Gasteiger partial charge in [0.2, 0.25) is 0 Å². The smallest absolute Gasteiger partial charge is 1.00 e. The van der Waals surface area contributed by atoms with E-state index < -0.39 is 0 Å². The van der Waals surface area contributed by atoms with Crippen LogP contribution in [0.2, 0.25) is 0 Å². The summed E-state index contributed by atoms with van der Waals surface area (Å²) < 4.78 is 5.72. The minimum Gasteiger partial charge on any atom is -1.00 e. The van der Waals surface area contributed by atoms with Crippen molar-refractivity contribution in [2.24, 2.45) is 0 Å². The van der Waals surface area contributed by atoms with Crippen LogP contribution in [-0.2, 0) is 36.0 Å². The first-order valence-corrected chi connectivity index (χ1v) is 6.66. The van der Waals surface area contributed by atoms with Crippen molar-refractivity contribution in [1.29, 1.82) is 0 Å². The molecule has 0 bridgehead atoms. The third-order valence-corrected chi connectivity index (χ3v) is 3.23. The van der Waals surface area contributed by atoms with Gasteiger partial charge in [-0.05, 0) is 0 Å². The van der Waals surface area contributed by atoms with E-state index in [1.54, 1.807) is 0 Å². The fourth-order valence-electron chi connectivity index (χ4n) is 1.83. The van der Waals surface area contributed by atoms with Crippen LogP contribution >= 0.6 is 0 Å². The van der Waals surface area contributed by atoms with Crippen molar-refractivity contribution >= 4 is 0 Å². The Kier molecular flexibility index (Phi) is 8.45. The minimum atomic E-state index is 0. The monoisotopic (exact) mass is 365 g/mol. The molecule has 0 saturated heterocycles. The van der Waals surface area contributed by atoms with E-state index in [9.17, 15) is 0 Å². The molecular weight excluding hydrogens is 346 g/mol. The Morgan fingerprint density at radius 3 is 1.39 bits per heavy atom. The second-order valence-electron chi connectivity index (χ2n) is 6.28. The summed E-state index contributed by atoms with van der Waals surface area (Å²) in [5, 5.41) is 0. The maximum Gasteiger partial charge on any atom is -1.00 e. The zero-order chi connectivity index (χ0) is 12.6. The van der Waals surface area contributed by atoms with E-state index in [1.165, 1.54) is 11.1 Å². The van der Waals surface area contributed by atoms with Crippen molar-refractivity contribution in [3.05, 3.63) is 29.3 Å². The molecule has 101 valence electrons. The molecule has 0 atom stereocenters. The first-order valence-electron chi connectivity index (χ1n) is 5.65. The second-order valence-corrected chi connectivity index (χ2v) is 6.79. The predicted octanol–water partition coefficient (Wildman–Crippen LogP) is -1.87. The van der Waals surface area contributed by atoms with Gasteiger partial charge in [-0.2, -0.15) is 0 Å². The Morgan fingerprint density at radius 1 is 0.833 bits per heavy atom. The summed E-state index contributed by atoms with van der Waals surface area (Å²) in [6.45, 7) is 13.4. The van der Waals surface area contributed by atoms with Crippen molar-refractivity contribution in [3.8, 4) is 5.75 Å². The normalized spacial score (nSPS) is 11.3. The summed E-state index contributed by atoms with van der Waals surface area (Å²) in [6.07, 6.45) is 0. The fraction of sp³-hybridized carbons (Fsp3) is 0.571. The number of benzene rings is 1. The molecular formula is C14H21Cl2OZr. The van der Waals surface area contributed by atoms with Crippen molar-refractivity contribution in [2.45, 2.75) is 52.4 Å². The molecule has 1 aromatic rings. The van der Waals surface area contributed by atoms with Gasteiger partial charge >= 0.3 is 115 Å². The van der Waals surface area contributed by atoms with Crippen LogP contribution in [0.4, 0.5) is 0 Å². The van der Waals surface area contributed by atoms with Crippen LogP contribution in [0.3, 0.4) is 0 Å². The molecule has 0 heterocycles. The number of halogens is 2. The number of hydrogen-bond acceptors (Lipinski definition) is 1. The van der Waals surface area contributed by atoms with Gasteiger partial charge in [0.1, 0.15) is 0 Å². The summed E-state index contributed by atoms with van der Waals surface area (Å²) >= 11 is 1.10. The summed E-state index contributed by atoms with van der Waals surface area (Å²) in [6, 6.07) is 6.49. The van der Waals surface area contributed by atoms with Crippen LogP contribution in [-0.4, -0.2) is 0 Å². The molecule has 0 unspecified atom stereocenters. The van der Waals surface area contributed by atoms with E-state index in [1.807, 2.05) is 0 Å². The van der Waals surface area contributed by atoms with E-state index in [2.05, 4.69) is 59.7 Å². The average molecular weight is 367 g/mol. The average Bonchev–Trinajstić information content (AvgIpc) is 2.13. The maximum atomic E-state index is 5.72. The van der Waals surface area contributed by atoms with Gasteiger partial charge < -0.3 is 24.8 Å². The summed E-state index contributed by atoms with van der Waals surface area (Å²) in [4.78, 5) is 0. The molecule has 0 saturated carbocycles. The van der Waals surface area contributed by atoms with E-state index in [-0.39, 0.29) is 35.6 Å². The minimum absolute atomic E-state index is 0. The van der Waals surface area contributed by atoms with Gasteiger partial charge in [-0.3, -0.25) is 0 Å². The summed E-state index contributed by atoms with van der Waals surface area (Å²) in [5.74, 6) is 1.08. The number of para-hydroxylation sites is 1. The van der Waals surface area contributed by atoms with E-state index in [4.69, 9.17) is 2.81 Å². The van der Waals surface area contributed by atoms with Crippen molar-refractivity contribution < 1.29 is 52.8 Å². The van der Waals surface area contributed by atoms with E-state index >= 15 is 0 Å². The Balaban J connectivity index is 0. The quantitative estimate of drug-likeness (QED) is 0.565. The van der Waals surface area contributed by atoms with Crippen LogP contribution in [0.5, 0.6) is 5.75 Å². The van der Waals surface area contributed by atoms with Crippen molar-refractivity contribution in [2.75, 3.05) is 0 Å². The van der Waals surface area contributed by atoms with Gasteiger partial charge in [0, 0.05) is 0 Å². The molecule has 4 heteroatoms. The Labute approximate surface area is 139 Å². The maximum absolute atomic E-state index is 5.72. The van der Waals surface area contributed by atoms with E-state index in [0.29, 0.717) is 0 Å². The molecule has 0 N–H and O–H groups in total. The molecule has 18 heavy (non-hydrogen) atoms. The summed E-state index contributed by atoms with van der Waals surface area (Å²) in [5.41, 5.74) is 2.87. The van der Waals surface area contributed by atoms with Crippen LogP contribution in [0.1, 0.15) is 52.7 Å². The predicted molar refractivity (Wildman–Crippen MR) is 64.5 cm³/mol. The number of hydrogen-bond donors (Lipinski definition) is 0. The van der Waals surface area contributed by atoms with Gasteiger partial charge in [-0.1, -0.05) is 0 Å². The van der Waals surface area contributed by atoms with Crippen LogP contribution in [0, 0.1) is 0 Å². The van der Waals surface area contributed by atoms with Crippen molar-refractivity contribution in [3.63, 3.8) is 0 Å². The molecule has 0 radical (unpaired) electrons. The second kappa shape index (κ2) is 7.31. The van der Waals surface area contributed by atoms with Gasteiger partial charge in [-0.15, -0.1) is 0 Å². The molecule has 0 aliphatic rings. The number of rotatable bonds is 1. The molecule has 0 aliphatic carbocycles. The first kappa shape index (κ1) is 20.8. The standard InChI is InChI=1S/C14H22O.2ClH.Zr/c1-13(2,3)10-8-7-9-11(12(10)15)14(4,5)6;;;/h7-9,15H,1-6H3;2*1H;/q;;;+3/p-3. The zero-order valence-electron chi connectivity index (χ0n) is 11.9. The topological polar surface area (TPSA) is 9.23 Å². The van der Waals surface area contributed by atoms with Gasteiger partial charge in [0.25, 0.3) is 0 Å². The molecule has 0 fully saturated rings. The molecule has 0 aliphatic heterocycles. The molecule has 1 aromatic carbocycles. The largest absolute Gasteiger partial charge is 1.00 e. The SMILES string of the molecule is CC(C)(C)c1cccc(C(C)(C)C)c1[O][Zr+2].[Cl-].[Cl-]. The Hall–Kier alpha value is 0.483. The third kappa shape index (κ3) is 4.87. The van der Waals surface area contributed by atoms with Crippen LogP contribution in [0.25, 0.3) is 0 Å². The van der Waals surface area contributed by atoms with Crippen LogP contribution in [0.15, 0.2) is 18.2 Å². The van der Waals surface area contributed by atoms with E-state index in [0.717, 1.165) is 30.9 Å². The Bertz CT molecular complexity index is 346. The van der Waals surface area contributed by atoms with Crippen molar-refractivity contribution in [1.82, 2.24) is 0 Å². The fourth-order valence-corrected chi connectivity index (χ4v) is 2.37.